The highest BCUT2D eigenvalue weighted by atomic mass is 35.5. The van der Waals surface area contributed by atoms with Crippen LogP contribution in [0.1, 0.15) is 11.1 Å². The SMILES string of the molecule is COC(=[NH2+])c1ccc(N2CCN(c3ccc(C(=[NH2+])OC)cc3)CC2)cc1.[Cl-].[Cl-]. The van der Waals surface area contributed by atoms with Crippen molar-refractivity contribution in [2.24, 2.45) is 0 Å². The number of nitrogens with zero attached hydrogens (tertiary/aromatic N) is 2. The van der Waals surface area contributed by atoms with E-state index in [0.29, 0.717) is 11.8 Å². The van der Waals surface area contributed by atoms with Crippen LogP contribution in [-0.4, -0.2) is 52.2 Å². The smallest absolute Gasteiger partial charge is 0.366 e. The van der Waals surface area contributed by atoms with E-state index in [0.717, 1.165) is 37.3 Å². The van der Waals surface area contributed by atoms with Gasteiger partial charge in [0.2, 0.25) is 0 Å². The first-order chi connectivity index (χ1) is 12.6. The lowest BCUT2D eigenvalue weighted by Crippen LogP contribution is -3.00. The Morgan fingerprint density at radius 1 is 0.643 bits per heavy atom. The molecule has 0 spiro atoms. The van der Waals surface area contributed by atoms with Crippen LogP contribution in [0.3, 0.4) is 0 Å². The maximum atomic E-state index is 5.80. The third-order valence-corrected chi connectivity index (χ3v) is 4.75. The second kappa shape index (κ2) is 10.8. The molecule has 2 aromatic rings. The summed E-state index contributed by atoms with van der Waals surface area (Å²) in [5, 5.41) is 11.6. The normalized spacial score (nSPS) is 13.1. The molecule has 0 atom stereocenters. The fourth-order valence-electron chi connectivity index (χ4n) is 3.13. The van der Waals surface area contributed by atoms with Gasteiger partial charge in [-0.25, -0.2) is 10.8 Å². The summed E-state index contributed by atoms with van der Waals surface area (Å²) >= 11 is 0. The van der Waals surface area contributed by atoms with E-state index in [2.05, 4.69) is 34.1 Å². The number of piperazine rings is 1. The number of nitrogens with two attached hydrogens (primary N) is 2. The molecular formula is C20H26Cl2N4O2. The van der Waals surface area contributed by atoms with Crippen LogP contribution in [0.2, 0.25) is 0 Å². The van der Waals surface area contributed by atoms with Crippen LogP contribution in [0.15, 0.2) is 48.5 Å². The topological polar surface area (TPSA) is 76.1 Å². The van der Waals surface area contributed by atoms with Crippen molar-refractivity contribution in [2.45, 2.75) is 0 Å². The van der Waals surface area contributed by atoms with E-state index in [1.807, 2.05) is 24.3 Å². The molecule has 1 saturated heterocycles. The van der Waals surface area contributed by atoms with Gasteiger partial charge < -0.3 is 44.1 Å². The third kappa shape index (κ3) is 5.30. The minimum absolute atomic E-state index is 0. The molecule has 8 heteroatoms. The van der Waals surface area contributed by atoms with Crippen molar-refractivity contribution in [1.29, 1.82) is 0 Å². The van der Waals surface area contributed by atoms with Crippen LogP contribution in [0.4, 0.5) is 11.4 Å². The van der Waals surface area contributed by atoms with Gasteiger partial charge in [-0.15, -0.1) is 0 Å². The van der Waals surface area contributed by atoms with Gasteiger partial charge in [-0.2, -0.15) is 0 Å². The van der Waals surface area contributed by atoms with Crippen molar-refractivity contribution in [1.82, 2.24) is 0 Å². The molecule has 1 heterocycles. The molecule has 6 nitrogen and oxygen atoms in total. The van der Waals surface area contributed by atoms with Crippen molar-refractivity contribution in [2.75, 3.05) is 50.2 Å². The van der Waals surface area contributed by atoms with Gasteiger partial charge in [0.25, 0.3) is 0 Å². The second-order valence-corrected chi connectivity index (χ2v) is 6.20. The van der Waals surface area contributed by atoms with Gasteiger partial charge in [0.15, 0.2) is 0 Å². The summed E-state index contributed by atoms with van der Waals surface area (Å²) in [6.45, 7) is 3.88. The second-order valence-electron chi connectivity index (χ2n) is 6.20. The molecule has 152 valence electrons. The monoisotopic (exact) mass is 424 g/mol. The lowest BCUT2D eigenvalue weighted by atomic mass is 10.1. The fraction of sp³-hybridized carbons (Fsp3) is 0.300. The molecule has 0 amide bonds. The Morgan fingerprint density at radius 2 is 0.929 bits per heavy atom. The predicted molar refractivity (Wildman–Crippen MR) is 103 cm³/mol. The van der Waals surface area contributed by atoms with E-state index >= 15 is 0 Å². The van der Waals surface area contributed by atoms with E-state index in [-0.39, 0.29) is 24.8 Å². The van der Waals surface area contributed by atoms with E-state index < -0.39 is 0 Å². The zero-order valence-corrected chi connectivity index (χ0v) is 17.6. The number of hydrogen-bond donors (Lipinski definition) is 2. The molecule has 0 radical (unpaired) electrons. The highest BCUT2D eigenvalue weighted by Gasteiger charge is 2.18. The maximum Gasteiger partial charge on any atom is 0.366 e. The minimum atomic E-state index is 0. The molecule has 1 aliphatic rings. The average molecular weight is 425 g/mol. The Hall–Kier alpha value is -2.44. The number of hydrogen-bond acceptors (Lipinski definition) is 4. The number of halogens is 2. The predicted octanol–water partition coefficient (Wildman–Crippen LogP) is -6.67. The van der Waals surface area contributed by atoms with Gasteiger partial charge in [-0.05, 0) is 48.5 Å². The molecular weight excluding hydrogens is 399 g/mol. The van der Waals surface area contributed by atoms with E-state index in [4.69, 9.17) is 20.3 Å². The summed E-state index contributed by atoms with van der Waals surface area (Å²) < 4.78 is 10.1. The first-order valence-corrected chi connectivity index (χ1v) is 8.66. The van der Waals surface area contributed by atoms with Crippen LogP contribution in [0.25, 0.3) is 0 Å². The summed E-state index contributed by atoms with van der Waals surface area (Å²) in [5.74, 6) is 0.882. The molecule has 1 fully saturated rings. The molecule has 0 unspecified atom stereocenters. The van der Waals surface area contributed by atoms with Gasteiger partial charge in [-0.1, -0.05) is 0 Å². The van der Waals surface area contributed by atoms with Crippen LogP contribution in [0, 0.1) is 0 Å². The Balaban J connectivity index is 0.00000196. The lowest BCUT2D eigenvalue weighted by molar-refractivity contribution is -0.136. The van der Waals surface area contributed by atoms with E-state index in [9.17, 15) is 0 Å². The summed E-state index contributed by atoms with van der Waals surface area (Å²) in [7, 11) is 3.16. The molecule has 28 heavy (non-hydrogen) atoms. The molecule has 3 rings (SSSR count). The largest absolute Gasteiger partial charge is 1.00 e. The number of methoxy groups -OCH3 is 2. The molecule has 1 aliphatic heterocycles. The van der Waals surface area contributed by atoms with Gasteiger partial charge >= 0.3 is 11.8 Å². The Kier molecular flexibility index (Phi) is 9.09. The van der Waals surface area contributed by atoms with Crippen LogP contribution in [0.5, 0.6) is 0 Å². The highest BCUT2D eigenvalue weighted by Crippen LogP contribution is 2.21. The Bertz CT molecular complexity index is 706. The van der Waals surface area contributed by atoms with Gasteiger partial charge in [0.1, 0.15) is 0 Å². The standard InChI is InChI=1S/C20H24N4O2.2ClH/c1-25-19(21)15-3-7-17(8-4-15)23-11-13-24(14-12-23)18-9-5-16(6-10-18)20(22)26-2;;/h3-10,21-22H,11-14H2,1-2H3;2*1H. The minimum Gasteiger partial charge on any atom is -1.00 e. The highest BCUT2D eigenvalue weighted by molar-refractivity contribution is 5.90. The first-order valence-electron chi connectivity index (χ1n) is 8.66. The van der Waals surface area contributed by atoms with Gasteiger partial charge in [0.05, 0.1) is 25.3 Å². The van der Waals surface area contributed by atoms with Crippen molar-refractivity contribution < 1.29 is 45.1 Å². The zero-order chi connectivity index (χ0) is 18.5. The van der Waals surface area contributed by atoms with Crippen molar-refractivity contribution in [3.05, 3.63) is 59.7 Å². The molecule has 4 N–H and O–H groups in total. The number of benzene rings is 2. The summed E-state index contributed by atoms with van der Waals surface area (Å²) in [5.41, 5.74) is 4.22. The van der Waals surface area contributed by atoms with Crippen molar-refractivity contribution in [3.63, 3.8) is 0 Å². The summed E-state index contributed by atoms with van der Waals surface area (Å²) in [6.07, 6.45) is 0. The lowest BCUT2D eigenvalue weighted by Gasteiger charge is -2.37. The maximum absolute atomic E-state index is 5.80. The molecule has 2 aromatic carbocycles. The Morgan fingerprint density at radius 3 is 1.18 bits per heavy atom. The first kappa shape index (κ1) is 23.6. The quantitative estimate of drug-likeness (QED) is 0.378. The third-order valence-electron chi connectivity index (χ3n) is 4.75. The Labute approximate surface area is 178 Å². The van der Waals surface area contributed by atoms with Crippen molar-refractivity contribution in [3.8, 4) is 0 Å². The van der Waals surface area contributed by atoms with Crippen LogP contribution in [-0.2, 0) is 9.47 Å². The molecule has 0 aromatic heterocycles. The average Bonchev–Trinajstić information content (AvgIpc) is 2.73. The van der Waals surface area contributed by atoms with Crippen molar-refractivity contribution >= 4 is 23.2 Å². The van der Waals surface area contributed by atoms with Crippen LogP contribution < -0.4 is 45.4 Å². The molecule has 0 saturated carbocycles. The summed E-state index contributed by atoms with van der Waals surface area (Å²) in [4.78, 5) is 4.77. The number of rotatable bonds is 4. The summed E-state index contributed by atoms with van der Waals surface area (Å²) in [6, 6.07) is 16.4. The van der Waals surface area contributed by atoms with E-state index in [1.165, 1.54) is 11.4 Å². The van der Waals surface area contributed by atoms with Crippen LogP contribution >= 0.6 is 0 Å². The van der Waals surface area contributed by atoms with Gasteiger partial charge in [-0.3, -0.25) is 0 Å². The number of anilines is 2. The molecule has 0 bridgehead atoms. The molecule has 0 aliphatic carbocycles. The zero-order valence-electron chi connectivity index (χ0n) is 16.1. The fourth-order valence-corrected chi connectivity index (χ4v) is 3.13. The van der Waals surface area contributed by atoms with E-state index in [1.54, 1.807) is 14.2 Å². The van der Waals surface area contributed by atoms with Gasteiger partial charge in [0, 0.05) is 37.6 Å². The number of ether oxygens (including phenoxy) is 2.